The number of nitrogens with zero attached hydrogens (tertiary/aromatic N) is 1. The first-order valence-corrected chi connectivity index (χ1v) is 12.2. The lowest BCUT2D eigenvalue weighted by Gasteiger charge is -2.40. The van der Waals surface area contributed by atoms with Crippen LogP contribution < -0.4 is 19.5 Å². The number of methoxy groups -OCH3 is 2. The smallest absolute Gasteiger partial charge is 0.251 e. The van der Waals surface area contributed by atoms with E-state index in [1.54, 1.807) is 12.1 Å². The number of amides is 1. The molecule has 0 saturated heterocycles. The van der Waals surface area contributed by atoms with Crippen LogP contribution in [0.1, 0.15) is 36.8 Å². The third-order valence-corrected chi connectivity index (χ3v) is 6.49. The Morgan fingerprint density at radius 1 is 1.03 bits per heavy atom. The molecule has 1 heterocycles. The topological polar surface area (TPSA) is 89.9 Å². The Balaban J connectivity index is 1.94. The van der Waals surface area contributed by atoms with Crippen molar-refractivity contribution >= 4 is 17.5 Å². The normalized spacial score (nSPS) is 13.0. The predicted molar refractivity (Wildman–Crippen MR) is 141 cm³/mol. The molecule has 0 aliphatic rings. The maximum absolute atomic E-state index is 13.8. The van der Waals surface area contributed by atoms with Crippen LogP contribution in [0.3, 0.4) is 0 Å². The molecular formula is C28H31ClF2N2O5. The molecule has 1 unspecified atom stereocenters. The van der Waals surface area contributed by atoms with Gasteiger partial charge in [0.05, 0.1) is 31.5 Å². The van der Waals surface area contributed by atoms with Crippen molar-refractivity contribution in [2.24, 2.45) is 5.41 Å². The molecule has 38 heavy (non-hydrogen) atoms. The minimum absolute atomic E-state index is 0.0772. The summed E-state index contributed by atoms with van der Waals surface area (Å²) in [4.78, 5) is 17.7. The summed E-state index contributed by atoms with van der Waals surface area (Å²) >= 11 is 5.99. The average molecular weight is 549 g/mol. The summed E-state index contributed by atoms with van der Waals surface area (Å²) in [6, 6.07) is 11.9. The van der Waals surface area contributed by atoms with E-state index in [1.807, 2.05) is 20.8 Å². The Labute approximate surface area is 225 Å². The zero-order chi connectivity index (χ0) is 28.1. The van der Waals surface area contributed by atoms with Crippen LogP contribution in [-0.4, -0.2) is 50.0 Å². The van der Waals surface area contributed by atoms with Crippen LogP contribution in [0.5, 0.6) is 17.2 Å². The first kappa shape index (κ1) is 29.1. The Bertz CT molecular complexity index is 1300. The van der Waals surface area contributed by atoms with Crippen LogP contribution in [-0.2, 0) is 5.60 Å². The number of hydrogen-bond donors (Lipinski definition) is 2. The van der Waals surface area contributed by atoms with Crippen molar-refractivity contribution < 1.29 is 32.9 Å². The van der Waals surface area contributed by atoms with Crippen molar-refractivity contribution in [2.75, 3.05) is 34.0 Å². The zero-order valence-electron chi connectivity index (χ0n) is 21.9. The summed E-state index contributed by atoms with van der Waals surface area (Å²) in [6.07, 6.45) is 0. The number of ether oxygens (including phenoxy) is 3. The molecule has 204 valence electrons. The SMILES string of the molecule is COc1cc(C(=O)NCC(O)(c2ccc(OC)c(-c3ccc(F)c(Cl)c3)n2)C(C)(C)C)ccc1OCCF. The van der Waals surface area contributed by atoms with Crippen molar-refractivity contribution in [2.45, 2.75) is 26.4 Å². The highest BCUT2D eigenvalue weighted by Gasteiger charge is 2.43. The fourth-order valence-electron chi connectivity index (χ4n) is 3.82. The highest BCUT2D eigenvalue weighted by atomic mass is 35.5. The lowest BCUT2D eigenvalue weighted by molar-refractivity contribution is -0.0643. The molecule has 0 bridgehead atoms. The largest absolute Gasteiger partial charge is 0.494 e. The highest BCUT2D eigenvalue weighted by Crippen LogP contribution is 2.41. The van der Waals surface area contributed by atoms with E-state index in [2.05, 4.69) is 10.3 Å². The van der Waals surface area contributed by atoms with E-state index in [0.29, 0.717) is 22.8 Å². The van der Waals surface area contributed by atoms with Gasteiger partial charge in [0.2, 0.25) is 0 Å². The van der Waals surface area contributed by atoms with Crippen LogP contribution >= 0.6 is 11.6 Å². The van der Waals surface area contributed by atoms with Gasteiger partial charge in [-0.2, -0.15) is 0 Å². The van der Waals surface area contributed by atoms with Gasteiger partial charge >= 0.3 is 0 Å². The molecule has 0 aliphatic heterocycles. The second-order valence-corrected chi connectivity index (χ2v) is 9.98. The van der Waals surface area contributed by atoms with Crippen LogP contribution in [0.25, 0.3) is 11.3 Å². The van der Waals surface area contributed by atoms with E-state index in [4.69, 9.17) is 25.8 Å². The van der Waals surface area contributed by atoms with E-state index in [0.717, 1.165) is 0 Å². The molecule has 2 N–H and O–H groups in total. The number of nitrogens with one attached hydrogen (secondary N) is 1. The van der Waals surface area contributed by atoms with Crippen molar-refractivity contribution in [1.82, 2.24) is 10.3 Å². The number of rotatable bonds is 10. The molecule has 0 radical (unpaired) electrons. The average Bonchev–Trinajstić information content (AvgIpc) is 2.90. The van der Waals surface area contributed by atoms with Gasteiger partial charge in [-0.1, -0.05) is 32.4 Å². The first-order chi connectivity index (χ1) is 17.9. The van der Waals surface area contributed by atoms with Crippen molar-refractivity contribution in [3.63, 3.8) is 0 Å². The van der Waals surface area contributed by atoms with Gasteiger partial charge in [-0.3, -0.25) is 4.79 Å². The molecule has 2 aromatic carbocycles. The maximum Gasteiger partial charge on any atom is 0.251 e. The predicted octanol–water partition coefficient (Wildman–Crippen LogP) is 5.57. The quantitative estimate of drug-likeness (QED) is 0.344. The molecule has 1 atom stereocenters. The van der Waals surface area contributed by atoms with E-state index in [9.17, 15) is 18.7 Å². The van der Waals surface area contributed by atoms with Crippen molar-refractivity contribution in [3.8, 4) is 28.5 Å². The van der Waals surface area contributed by atoms with Gasteiger partial charge in [0.15, 0.2) is 11.5 Å². The van der Waals surface area contributed by atoms with E-state index >= 15 is 0 Å². The monoisotopic (exact) mass is 548 g/mol. The summed E-state index contributed by atoms with van der Waals surface area (Å²) in [5.41, 5.74) is -1.01. The van der Waals surface area contributed by atoms with Gasteiger partial charge in [0.1, 0.15) is 36.1 Å². The molecule has 10 heteroatoms. The second kappa shape index (κ2) is 12.0. The molecule has 0 saturated carbocycles. The summed E-state index contributed by atoms with van der Waals surface area (Å²) in [5, 5.41) is 14.6. The van der Waals surface area contributed by atoms with Gasteiger partial charge in [-0.25, -0.2) is 13.8 Å². The summed E-state index contributed by atoms with van der Waals surface area (Å²) in [6.45, 7) is 4.48. The lowest BCUT2D eigenvalue weighted by Crippen LogP contribution is -2.50. The zero-order valence-corrected chi connectivity index (χ0v) is 22.7. The summed E-state index contributed by atoms with van der Waals surface area (Å²) in [7, 11) is 2.89. The fourth-order valence-corrected chi connectivity index (χ4v) is 4.00. The fraction of sp³-hybridized carbons (Fsp3) is 0.357. The van der Waals surface area contributed by atoms with E-state index in [-0.39, 0.29) is 35.2 Å². The van der Waals surface area contributed by atoms with Gasteiger partial charge in [-0.15, -0.1) is 0 Å². The number of alkyl halides is 1. The number of pyridine rings is 1. The molecule has 7 nitrogen and oxygen atoms in total. The van der Waals surface area contributed by atoms with Crippen LogP contribution in [0.4, 0.5) is 8.78 Å². The third-order valence-electron chi connectivity index (χ3n) is 6.20. The van der Waals surface area contributed by atoms with Crippen LogP contribution in [0, 0.1) is 11.2 Å². The number of carbonyl (C=O) groups excluding carboxylic acids is 1. The molecule has 3 aromatic rings. The Morgan fingerprint density at radius 3 is 2.32 bits per heavy atom. The Morgan fingerprint density at radius 2 is 1.71 bits per heavy atom. The first-order valence-electron chi connectivity index (χ1n) is 11.8. The molecule has 1 aromatic heterocycles. The van der Waals surface area contributed by atoms with Gasteiger partial charge in [-0.05, 0) is 53.9 Å². The van der Waals surface area contributed by atoms with Crippen LogP contribution in [0.2, 0.25) is 5.02 Å². The van der Waals surface area contributed by atoms with Crippen LogP contribution in [0.15, 0.2) is 48.5 Å². The number of hydrogen-bond acceptors (Lipinski definition) is 6. The molecule has 0 spiro atoms. The van der Waals surface area contributed by atoms with Crippen molar-refractivity contribution in [1.29, 1.82) is 0 Å². The molecule has 0 fully saturated rings. The molecular weight excluding hydrogens is 518 g/mol. The minimum Gasteiger partial charge on any atom is -0.494 e. The molecule has 0 aliphatic carbocycles. The Kier molecular flexibility index (Phi) is 9.17. The number of carbonyl (C=O) groups is 1. The standard InChI is InChI=1S/C28H31ClF2N2O5/c1-27(2,3)28(35,16-32-26(34)18-7-9-21(38-13-12-30)23(15-18)37-5)24-11-10-22(36-4)25(33-24)17-6-8-20(31)19(29)14-17/h6-11,14-15,35H,12-13,16H2,1-5H3,(H,32,34). The summed E-state index contributed by atoms with van der Waals surface area (Å²) < 4.78 is 42.2. The van der Waals surface area contributed by atoms with Gasteiger partial charge < -0.3 is 24.6 Å². The molecule has 1 amide bonds. The second-order valence-electron chi connectivity index (χ2n) is 9.57. The number of benzene rings is 2. The molecule has 3 rings (SSSR count). The van der Waals surface area contributed by atoms with Crippen molar-refractivity contribution in [3.05, 3.63) is 70.6 Å². The number of aromatic nitrogens is 1. The van der Waals surface area contributed by atoms with Gasteiger partial charge in [0.25, 0.3) is 5.91 Å². The highest BCUT2D eigenvalue weighted by molar-refractivity contribution is 6.31. The summed E-state index contributed by atoms with van der Waals surface area (Å²) in [5.74, 6) is -0.0561. The number of aliphatic hydroxyl groups is 1. The lowest BCUT2D eigenvalue weighted by atomic mass is 9.74. The third kappa shape index (κ3) is 6.16. The Hall–Kier alpha value is -3.43. The van der Waals surface area contributed by atoms with E-state index < -0.39 is 29.4 Å². The van der Waals surface area contributed by atoms with Gasteiger partial charge in [0, 0.05) is 11.1 Å². The minimum atomic E-state index is -1.62. The maximum atomic E-state index is 13.8. The van der Waals surface area contributed by atoms with E-state index in [1.165, 1.54) is 50.6 Å². The number of halogens is 3.